The Morgan fingerprint density at radius 3 is 1.12 bits per heavy atom. The summed E-state index contributed by atoms with van der Waals surface area (Å²) < 4.78 is 0. The van der Waals surface area contributed by atoms with Gasteiger partial charge in [-0.25, -0.2) is 4.98 Å². The number of hydrogen-bond donors (Lipinski definition) is 14. The largest absolute Gasteiger partial charge is 0.394 e. The second kappa shape index (κ2) is 26.4. The Morgan fingerprint density at radius 1 is 0.420 bits per heavy atom. The maximum atomic E-state index is 15.0. The van der Waals surface area contributed by atoms with E-state index in [1.54, 1.807) is 30.7 Å². The molecule has 0 aliphatic carbocycles. The van der Waals surface area contributed by atoms with Crippen LogP contribution in [0.4, 0.5) is 0 Å². The van der Waals surface area contributed by atoms with Crippen molar-refractivity contribution in [1.82, 2.24) is 67.5 Å². The lowest BCUT2D eigenvalue weighted by Gasteiger charge is -2.30. The molecule has 428 valence electrons. The van der Waals surface area contributed by atoms with Crippen LogP contribution in [0.2, 0.25) is 0 Å². The quantitative estimate of drug-likeness (QED) is 0.0740. The summed E-state index contributed by atoms with van der Waals surface area (Å²) in [5.74, 6) is -7.42. The van der Waals surface area contributed by atoms with Crippen molar-refractivity contribution in [3.63, 3.8) is 0 Å². The van der Waals surface area contributed by atoms with Crippen molar-refractivity contribution in [2.75, 3.05) is 6.61 Å². The molecule has 0 saturated carbocycles. The molecule has 0 bridgehead atoms. The summed E-state index contributed by atoms with van der Waals surface area (Å²) in [5.41, 5.74) is 4.46. The number of nitrogens with one attached hydrogen (secondary N) is 12. The number of carbonyl (C=O) groups excluding carboxylic acids is 8. The number of aliphatic hydroxyl groups excluding tert-OH is 2. The van der Waals surface area contributed by atoms with Gasteiger partial charge >= 0.3 is 0 Å². The number of fused-ring (bicyclic) bond motifs is 3. The molecule has 1 fully saturated rings. The third kappa shape index (κ3) is 14.7. The Balaban J connectivity index is 1.20. The molecule has 1 saturated heterocycles. The van der Waals surface area contributed by atoms with Crippen LogP contribution in [0.25, 0.3) is 32.7 Å². The third-order valence-electron chi connectivity index (χ3n) is 14.4. The third-order valence-corrected chi connectivity index (χ3v) is 14.4. The Morgan fingerprint density at radius 2 is 0.753 bits per heavy atom. The summed E-state index contributed by atoms with van der Waals surface area (Å²) in [6.45, 7) is 7.64. The number of H-pyrrole nitrogens is 4. The highest BCUT2D eigenvalue weighted by molar-refractivity contribution is 6.00. The van der Waals surface area contributed by atoms with Gasteiger partial charge in [0.15, 0.2) is 0 Å². The van der Waals surface area contributed by atoms with Gasteiger partial charge in [-0.2, -0.15) is 0 Å². The number of imidazole rings is 1. The van der Waals surface area contributed by atoms with E-state index in [1.165, 1.54) is 19.4 Å². The highest BCUT2D eigenvalue weighted by Gasteiger charge is 2.38. The minimum atomic E-state index is -1.75. The highest BCUT2D eigenvalue weighted by atomic mass is 16.3. The van der Waals surface area contributed by atoms with Gasteiger partial charge < -0.3 is 72.7 Å². The maximum absolute atomic E-state index is 15.0. The molecule has 5 heterocycles. The van der Waals surface area contributed by atoms with E-state index in [2.05, 4.69) is 67.5 Å². The molecule has 23 heteroatoms. The molecular formula is C58H71N13O10. The zero-order valence-electron chi connectivity index (χ0n) is 45.7. The van der Waals surface area contributed by atoms with Gasteiger partial charge in [-0.05, 0) is 66.5 Å². The van der Waals surface area contributed by atoms with Crippen molar-refractivity contribution in [1.29, 1.82) is 0 Å². The summed E-state index contributed by atoms with van der Waals surface area (Å²) in [6, 6.07) is 10.1. The first-order valence-electron chi connectivity index (χ1n) is 27.2. The second-order valence-electron chi connectivity index (χ2n) is 21.6. The number of aromatic nitrogens is 5. The SMILES string of the molecule is CC(C)C[C@H]1NC(=O)[C@H](Cc2c[nH]c3ccccc23)NC(=O)[C@@H](CO)NC(=O)[C@H](Cc2cnc[nH]2)NC(=O)[C@@H]([C@@H](C)O)NC(=O)[C@H](Cc2c[nH]c3ccccc23)NC(=O)[C@@H](CC(C)C)NC(=O)[C@H](Cc2c[nH]c3ccccc23)NC1=O. The van der Waals surface area contributed by atoms with Gasteiger partial charge in [-0.15, -0.1) is 0 Å². The number of aromatic amines is 4. The first-order valence-corrected chi connectivity index (χ1v) is 27.2. The molecule has 7 aromatic rings. The normalized spacial score (nSPS) is 23.0. The van der Waals surface area contributed by atoms with Crippen LogP contribution in [0.1, 0.15) is 69.8 Å². The standard InChI is InChI=1S/C58H71N13O10/c1-30(2)18-43-51(74)66-45(20-33-24-60-40-15-9-6-12-37(33)40)53(76)64-44(19-31(3)4)52(75)67-47(22-35-26-62-42-17-11-8-14-39(35)42)56(79)71-50(32(5)73)58(81)69-48(23-36-27-59-29-63-36)55(78)70-49(28-72)57(80)68-46(54(77)65-43)21-34-25-61-41-16-10-7-13-38(34)41/h6-17,24-27,29-32,43-50,60-62,72-73H,18-23,28H2,1-5H3,(H,59,63)(H,64,76)(H,65,77)(H,66,74)(H,67,75)(H,68,80)(H,69,81)(H,70,78)(H,71,79)/t32-,43-,44-,45+,46+,47+,48+,49-,50-/m1/s1. The van der Waals surface area contributed by atoms with E-state index in [-0.39, 0.29) is 50.4 Å². The van der Waals surface area contributed by atoms with Crippen LogP contribution in [0.5, 0.6) is 0 Å². The van der Waals surface area contributed by atoms with Gasteiger partial charge in [0.25, 0.3) is 0 Å². The van der Waals surface area contributed by atoms with E-state index in [1.807, 2.05) is 88.4 Å². The second-order valence-corrected chi connectivity index (χ2v) is 21.6. The van der Waals surface area contributed by atoms with Crippen molar-refractivity contribution < 1.29 is 48.6 Å². The lowest BCUT2D eigenvalue weighted by molar-refractivity contribution is -0.137. The Kier molecular flexibility index (Phi) is 19.0. The number of rotatable bonds is 14. The summed E-state index contributed by atoms with van der Waals surface area (Å²) >= 11 is 0. The number of nitrogens with zero attached hydrogens (tertiary/aromatic N) is 1. The molecule has 14 N–H and O–H groups in total. The summed E-state index contributed by atoms with van der Waals surface area (Å²) in [7, 11) is 0. The van der Waals surface area contributed by atoms with E-state index in [0.29, 0.717) is 22.4 Å². The van der Waals surface area contributed by atoms with Crippen LogP contribution in [-0.4, -0.2) is 143 Å². The number of amides is 8. The predicted octanol–water partition coefficient (Wildman–Crippen LogP) is 1.48. The molecule has 23 nitrogen and oxygen atoms in total. The van der Waals surface area contributed by atoms with E-state index in [4.69, 9.17) is 0 Å². The fourth-order valence-corrected chi connectivity index (χ4v) is 10.2. The van der Waals surface area contributed by atoms with Crippen molar-refractivity contribution >= 4 is 80.0 Å². The van der Waals surface area contributed by atoms with Crippen LogP contribution in [0.15, 0.2) is 104 Å². The zero-order valence-corrected chi connectivity index (χ0v) is 45.7. The minimum Gasteiger partial charge on any atom is -0.394 e. The molecule has 4 aromatic heterocycles. The van der Waals surface area contributed by atoms with Crippen molar-refractivity contribution in [3.8, 4) is 0 Å². The van der Waals surface area contributed by atoms with E-state index in [0.717, 1.165) is 32.7 Å². The molecule has 1 aliphatic heterocycles. The monoisotopic (exact) mass is 1110 g/mol. The van der Waals surface area contributed by atoms with E-state index in [9.17, 15) is 48.6 Å². The predicted molar refractivity (Wildman–Crippen MR) is 301 cm³/mol. The number of carbonyl (C=O) groups is 8. The van der Waals surface area contributed by atoms with Gasteiger partial charge in [-0.3, -0.25) is 38.4 Å². The van der Waals surface area contributed by atoms with Crippen molar-refractivity contribution in [2.45, 2.75) is 128 Å². The number of aliphatic hydroxyl groups is 2. The topological polar surface area (TPSA) is 349 Å². The smallest absolute Gasteiger partial charge is 0.245 e. The zero-order chi connectivity index (χ0) is 57.9. The lowest BCUT2D eigenvalue weighted by Crippen LogP contribution is -2.63. The molecule has 81 heavy (non-hydrogen) atoms. The lowest BCUT2D eigenvalue weighted by atomic mass is 9.98. The Hall–Kier alpha value is -8.83. The fourth-order valence-electron chi connectivity index (χ4n) is 10.2. The van der Waals surface area contributed by atoms with Crippen molar-refractivity contribution in [2.24, 2.45) is 11.8 Å². The molecule has 8 amide bonds. The van der Waals surface area contributed by atoms with Crippen LogP contribution in [0.3, 0.4) is 0 Å². The first-order chi connectivity index (χ1) is 38.8. The summed E-state index contributed by atoms with van der Waals surface area (Å²) in [4.78, 5) is 134. The number of benzene rings is 3. The van der Waals surface area contributed by atoms with Gasteiger partial charge in [0, 0.05) is 88.9 Å². The number of para-hydroxylation sites is 3. The van der Waals surface area contributed by atoms with Crippen LogP contribution in [0, 0.1) is 11.8 Å². The van der Waals surface area contributed by atoms with Gasteiger partial charge in [0.1, 0.15) is 48.3 Å². The van der Waals surface area contributed by atoms with E-state index >= 15 is 0 Å². The van der Waals surface area contributed by atoms with Crippen LogP contribution < -0.4 is 42.5 Å². The van der Waals surface area contributed by atoms with Crippen molar-refractivity contribution in [3.05, 3.63) is 126 Å². The fraction of sp³-hybridized carbons (Fsp3) is 0.397. The van der Waals surface area contributed by atoms with Crippen LogP contribution in [-0.2, 0) is 64.0 Å². The molecule has 0 radical (unpaired) electrons. The average molecular weight is 1110 g/mol. The van der Waals surface area contributed by atoms with Gasteiger partial charge in [0.2, 0.25) is 47.3 Å². The molecule has 0 spiro atoms. The highest BCUT2D eigenvalue weighted by Crippen LogP contribution is 2.23. The molecule has 8 rings (SSSR count). The van der Waals surface area contributed by atoms with Gasteiger partial charge in [-0.1, -0.05) is 82.3 Å². The minimum absolute atomic E-state index is 0.0674. The molecule has 3 aromatic carbocycles. The average Bonchev–Trinajstić information content (AvgIpc) is 4.46. The first kappa shape index (κ1) is 58.3. The van der Waals surface area contributed by atoms with E-state index < -0.39 is 108 Å². The molecule has 1 aliphatic rings. The maximum Gasteiger partial charge on any atom is 0.245 e. The number of hydrogen-bond acceptors (Lipinski definition) is 11. The Labute approximate surface area is 466 Å². The van der Waals surface area contributed by atoms with Crippen LogP contribution >= 0.6 is 0 Å². The molecule has 9 atom stereocenters. The van der Waals surface area contributed by atoms with Gasteiger partial charge in [0.05, 0.1) is 19.0 Å². The summed E-state index contributed by atoms with van der Waals surface area (Å²) in [6.07, 6.45) is 5.74. The summed E-state index contributed by atoms with van der Waals surface area (Å²) in [5, 5.41) is 45.8. The molecule has 0 unspecified atom stereocenters. The molecular weight excluding hydrogens is 1040 g/mol. The Bertz CT molecular complexity index is 3360.